The van der Waals surface area contributed by atoms with Crippen molar-refractivity contribution < 1.29 is 18.3 Å². The molecule has 0 aromatic carbocycles. The second kappa shape index (κ2) is 4.59. The van der Waals surface area contributed by atoms with Gasteiger partial charge in [0.2, 0.25) is 10.0 Å². The highest BCUT2D eigenvalue weighted by Gasteiger charge is 2.22. The van der Waals surface area contributed by atoms with Crippen molar-refractivity contribution in [2.75, 3.05) is 0 Å². The summed E-state index contributed by atoms with van der Waals surface area (Å²) in [6, 6.07) is -1.12. The van der Waals surface area contributed by atoms with Gasteiger partial charge in [-0.2, -0.15) is 4.72 Å². The van der Waals surface area contributed by atoms with E-state index in [1.54, 1.807) is 12.2 Å². The Balaban J connectivity index is 2.80. The van der Waals surface area contributed by atoms with Gasteiger partial charge in [0, 0.05) is 0 Å². The lowest BCUT2D eigenvalue weighted by molar-refractivity contribution is -0.138. The number of allylic oxidation sites excluding steroid dienone is 3. The molecule has 2 N–H and O–H groups in total. The molecule has 1 aliphatic carbocycles. The molecule has 0 bridgehead atoms. The van der Waals surface area contributed by atoms with Crippen LogP contribution in [0.3, 0.4) is 0 Å². The van der Waals surface area contributed by atoms with Gasteiger partial charge in [-0.3, -0.25) is 4.79 Å². The predicted octanol–water partition coefficient (Wildman–Crippen LogP) is 0.613. The van der Waals surface area contributed by atoms with Crippen molar-refractivity contribution >= 4 is 16.0 Å². The molecule has 0 spiro atoms. The van der Waals surface area contributed by atoms with E-state index in [4.69, 9.17) is 5.11 Å². The highest BCUT2D eigenvalue weighted by Crippen LogP contribution is 2.14. The molecule has 1 atom stereocenters. The summed E-state index contributed by atoms with van der Waals surface area (Å²) in [4.78, 5) is 10.6. The Kier molecular flexibility index (Phi) is 3.65. The van der Waals surface area contributed by atoms with Crippen LogP contribution in [0.25, 0.3) is 0 Å². The lowest BCUT2D eigenvalue weighted by atomic mass is 10.2. The topological polar surface area (TPSA) is 83.5 Å². The van der Waals surface area contributed by atoms with E-state index in [0.29, 0.717) is 6.42 Å². The third kappa shape index (κ3) is 3.17. The van der Waals surface area contributed by atoms with Gasteiger partial charge < -0.3 is 5.11 Å². The maximum absolute atomic E-state index is 11.6. The highest BCUT2D eigenvalue weighted by atomic mass is 32.2. The number of hydrogen-bond donors (Lipinski definition) is 2. The normalized spacial score (nSPS) is 18.3. The van der Waals surface area contributed by atoms with Crippen LogP contribution in [0.4, 0.5) is 0 Å². The van der Waals surface area contributed by atoms with Gasteiger partial charge in [0.1, 0.15) is 6.04 Å². The van der Waals surface area contributed by atoms with Gasteiger partial charge in [0.15, 0.2) is 0 Å². The monoisotopic (exact) mass is 231 g/mol. The number of aliphatic carboxylic acids is 1. The summed E-state index contributed by atoms with van der Waals surface area (Å²) in [6.45, 7) is 1.28. The summed E-state index contributed by atoms with van der Waals surface area (Å²) in [5, 5.41) is 8.58. The fourth-order valence-electron chi connectivity index (χ4n) is 1.14. The third-order valence-corrected chi connectivity index (χ3v) is 3.56. The molecule has 0 aromatic rings. The second-order valence-electron chi connectivity index (χ2n) is 3.27. The van der Waals surface area contributed by atoms with Gasteiger partial charge >= 0.3 is 5.97 Å². The van der Waals surface area contributed by atoms with E-state index in [1.807, 2.05) is 0 Å². The molecule has 0 saturated carbocycles. The molecule has 0 fully saturated rings. The van der Waals surface area contributed by atoms with E-state index in [-0.39, 0.29) is 4.91 Å². The molecule has 1 aliphatic rings. The van der Waals surface area contributed by atoms with Gasteiger partial charge in [-0.15, -0.1) is 0 Å². The Morgan fingerprint density at radius 1 is 1.53 bits per heavy atom. The number of carboxylic acids is 1. The molecule has 0 amide bonds. The van der Waals surface area contributed by atoms with E-state index in [9.17, 15) is 13.2 Å². The number of carbonyl (C=O) groups is 1. The Labute approximate surface area is 88.5 Å². The first-order valence-electron chi connectivity index (χ1n) is 4.55. The van der Waals surface area contributed by atoms with Crippen molar-refractivity contribution in [3.8, 4) is 0 Å². The zero-order valence-corrected chi connectivity index (χ0v) is 9.12. The number of nitrogens with one attached hydrogen (secondary N) is 1. The minimum absolute atomic E-state index is 0.141. The van der Waals surface area contributed by atoms with Crippen LogP contribution in [0.1, 0.15) is 19.8 Å². The van der Waals surface area contributed by atoms with Crippen molar-refractivity contribution in [1.82, 2.24) is 4.72 Å². The minimum Gasteiger partial charge on any atom is -0.480 e. The molecule has 0 unspecified atom stereocenters. The number of rotatable bonds is 4. The highest BCUT2D eigenvalue weighted by molar-refractivity contribution is 7.93. The summed E-state index contributed by atoms with van der Waals surface area (Å²) in [5.41, 5.74) is 0. The Hall–Kier alpha value is -1.14. The summed E-state index contributed by atoms with van der Waals surface area (Å²) in [5.74, 6) is -1.20. The molecular weight excluding hydrogens is 218 g/mol. The maximum Gasteiger partial charge on any atom is 0.321 e. The van der Waals surface area contributed by atoms with Gasteiger partial charge in [0.05, 0.1) is 4.91 Å². The second-order valence-corrected chi connectivity index (χ2v) is 4.98. The molecular formula is C9H13NO4S. The molecule has 15 heavy (non-hydrogen) atoms. The van der Waals surface area contributed by atoms with E-state index < -0.39 is 22.0 Å². The first kappa shape index (κ1) is 11.9. The smallest absolute Gasteiger partial charge is 0.321 e. The third-order valence-electron chi connectivity index (χ3n) is 1.97. The van der Waals surface area contributed by atoms with E-state index >= 15 is 0 Å². The lowest BCUT2D eigenvalue weighted by Crippen LogP contribution is -2.38. The fraction of sp³-hybridized carbons (Fsp3) is 0.444. The molecule has 1 rings (SSSR count). The Morgan fingerprint density at radius 2 is 2.20 bits per heavy atom. The van der Waals surface area contributed by atoms with Crippen LogP contribution in [-0.2, 0) is 14.8 Å². The summed E-state index contributed by atoms with van der Waals surface area (Å²) >= 11 is 0. The van der Waals surface area contributed by atoms with Crippen molar-refractivity contribution in [2.45, 2.75) is 25.8 Å². The quantitative estimate of drug-likeness (QED) is 0.742. The minimum atomic E-state index is -3.68. The van der Waals surface area contributed by atoms with Crippen LogP contribution in [0.15, 0.2) is 23.1 Å². The number of carboxylic acid groups (broad SMARTS) is 1. The van der Waals surface area contributed by atoms with E-state index in [0.717, 1.165) is 6.42 Å². The molecule has 0 saturated heterocycles. The first-order chi connectivity index (χ1) is 6.93. The number of sulfonamides is 1. The number of hydrogen-bond acceptors (Lipinski definition) is 3. The van der Waals surface area contributed by atoms with Crippen molar-refractivity contribution in [3.05, 3.63) is 23.1 Å². The van der Waals surface area contributed by atoms with Crippen LogP contribution in [0.5, 0.6) is 0 Å². The molecule has 0 radical (unpaired) electrons. The molecule has 0 heterocycles. The average Bonchev–Trinajstić information content (AvgIpc) is 2.18. The molecule has 6 heteroatoms. The van der Waals surface area contributed by atoms with Crippen molar-refractivity contribution in [1.29, 1.82) is 0 Å². The van der Waals surface area contributed by atoms with E-state index in [1.165, 1.54) is 13.0 Å². The maximum atomic E-state index is 11.6. The summed E-state index contributed by atoms with van der Waals surface area (Å²) < 4.78 is 25.3. The van der Waals surface area contributed by atoms with Crippen LogP contribution < -0.4 is 4.72 Å². The Bertz CT molecular complexity index is 408. The van der Waals surface area contributed by atoms with Crippen LogP contribution in [-0.4, -0.2) is 25.5 Å². The van der Waals surface area contributed by atoms with E-state index in [2.05, 4.69) is 4.72 Å². The van der Waals surface area contributed by atoms with Crippen LogP contribution >= 0.6 is 0 Å². The summed E-state index contributed by atoms with van der Waals surface area (Å²) in [7, 11) is -3.68. The summed E-state index contributed by atoms with van der Waals surface area (Å²) in [6.07, 6.45) is 6.29. The largest absolute Gasteiger partial charge is 0.480 e. The average molecular weight is 231 g/mol. The first-order valence-corrected chi connectivity index (χ1v) is 6.03. The molecule has 0 aromatic heterocycles. The van der Waals surface area contributed by atoms with Gasteiger partial charge in [-0.25, -0.2) is 8.42 Å². The van der Waals surface area contributed by atoms with Gasteiger partial charge in [-0.05, 0) is 25.8 Å². The van der Waals surface area contributed by atoms with Crippen molar-refractivity contribution in [2.24, 2.45) is 0 Å². The zero-order valence-electron chi connectivity index (χ0n) is 8.30. The molecule has 0 aliphatic heterocycles. The van der Waals surface area contributed by atoms with Gasteiger partial charge in [0.25, 0.3) is 0 Å². The van der Waals surface area contributed by atoms with Crippen molar-refractivity contribution in [3.63, 3.8) is 0 Å². The molecule has 5 nitrogen and oxygen atoms in total. The predicted molar refractivity (Wildman–Crippen MR) is 55.6 cm³/mol. The van der Waals surface area contributed by atoms with Crippen LogP contribution in [0.2, 0.25) is 0 Å². The standard InChI is InChI=1S/C9H13NO4S/c1-7(9(11)12)10-15(13,14)8-5-3-2-4-6-8/h3,5-7,10H,2,4H2,1H3,(H,11,12)/t7-/m1/s1. The molecule has 84 valence electrons. The fourth-order valence-corrected chi connectivity index (χ4v) is 2.45. The van der Waals surface area contributed by atoms with Gasteiger partial charge in [-0.1, -0.05) is 12.2 Å². The SMILES string of the molecule is C[C@@H](NS(=O)(=O)C1=CCCC=C1)C(=O)O. The zero-order chi connectivity index (χ0) is 11.5. The van der Waals surface area contributed by atoms with Crippen LogP contribution in [0, 0.1) is 0 Å². The lowest BCUT2D eigenvalue weighted by Gasteiger charge is -2.12. The Morgan fingerprint density at radius 3 is 2.67 bits per heavy atom.